The molecule has 0 bridgehead atoms. The highest BCUT2D eigenvalue weighted by molar-refractivity contribution is 14.0. The van der Waals surface area contributed by atoms with Crippen LogP contribution in [0.2, 0.25) is 0 Å². The number of guanidine groups is 1. The first kappa shape index (κ1) is 25.1. The Bertz CT molecular complexity index is 804. The molecular formula is C23H33IN4O3. The topological polar surface area (TPSA) is 71.3 Å². The van der Waals surface area contributed by atoms with Crippen LogP contribution in [0.1, 0.15) is 17.7 Å². The fraction of sp³-hybridized carbons (Fsp3) is 0.435. The molecule has 1 aliphatic heterocycles. The molecule has 2 N–H and O–H groups in total. The van der Waals surface area contributed by atoms with Gasteiger partial charge in [-0.3, -0.25) is 9.89 Å². The van der Waals surface area contributed by atoms with Crippen LogP contribution < -0.4 is 20.1 Å². The Hall–Kier alpha value is -2.20. The quantitative estimate of drug-likeness (QED) is 0.208. The van der Waals surface area contributed by atoms with Crippen molar-refractivity contribution in [3.05, 3.63) is 60.6 Å². The Morgan fingerprint density at radius 1 is 1.29 bits per heavy atom. The van der Waals surface area contributed by atoms with E-state index >= 15 is 0 Å². The number of rotatable bonds is 10. The molecule has 1 unspecified atom stereocenters. The number of benzene rings is 1. The Morgan fingerprint density at radius 2 is 2.06 bits per heavy atom. The van der Waals surface area contributed by atoms with Gasteiger partial charge in [0, 0.05) is 51.3 Å². The van der Waals surface area contributed by atoms with Crippen LogP contribution in [0.25, 0.3) is 0 Å². The zero-order valence-corrected chi connectivity index (χ0v) is 20.6. The summed E-state index contributed by atoms with van der Waals surface area (Å²) in [6.45, 7) is 7.96. The predicted octanol–water partition coefficient (Wildman–Crippen LogP) is 3.45. The monoisotopic (exact) mass is 540 g/mol. The van der Waals surface area contributed by atoms with Gasteiger partial charge in [-0.15, -0.1) is 30.6 Å². The van der Waals surface area contributed by atoms with E-state index in [1.807, 2.05) is 24.3 Å². The van der Waals surface area contributed by atoms with Crippen LogP contribution >= 0.6 is 24.0 Å². The van der Waals surface area contributed by atoms with Crippen LogP contribution in [0.4, 0.5) is 0 Å². The zero-order chi connectivity index (χ0) is 21.2. The molecule has 1 atom stereocenters. The van der Waals surface area contributed by atoms with Crippen molar-refractivity contribution in [1.29, 1.82) is 0 Å². The molecule has 31 heavy (non-hydrogen) atoms. The molecule has 2 heterocycles. The zero-order valence-electron chi connectivity index (χ0n) is 18.3. The van der Waals surface area contributed by atoms with E-state index in [4.69, 9.17) is 13.9 Å². The Kier molecular flexibility index (Phi) is 10.7. The molecule has 1 aromatic carbocycles. The van der Waals surface area contributed by atoms with Crippen molar-refractivity contribution in [3.8, 4) is 11.5 Å². The van der Waals surface area contributed by atoms with Crippen molar-refractivity contribution < 1.29 is 13.9 Å². The molecule has 0 amide bonds. The van der Waals surface area contributed by atoms with Crippen molar-refractivity contribution in [2.45, 2.75) is 25.4 Å². The van der Waals surface area contributed by atoms with E-state index in [9.17, 15) is 0 Å². The fourth-order valence-corrected chi connectivity index (χ4v) is 3.56. The molecule has 0 saturated carbocycles. The fourth-order valence-electron chi connectivity index (χ4n) is 3.56. The number of hydrogen-bond acceptors (Lipinski definition) is 5. The summed E-state index contributed by atoms with van der Waals surface area (Å²) in [6, 6.07) is 10.3. The molecule has 8 heteroatoms. The smallest absolute Gasteiger partial charge is 0.191 e. The second-order valence-corrected chi connectivity index (χ2v) is 7.32. The molecule has 7 nitrogen and oxygen atoms in total. The molecule has 0 spiro atoms. The second kappa shape index (κ2) is 13.3. The molecule has 0 aliphatic carbocycles. The number of furan rings is 1. The number of aliphatic imine (C=N–C) groups is 1. The predicted molar refractivity (Wildman–Crippen MR) is 135 cm³/mol. The lowest BCUT2D eigenvalue weighted by Crippen LogP contribution is -2.44. The van der Waals surface area contributed by atoms with Gasteiger partial charge in [-0.05, 0) is 36.2 Å². The van der Waals surface area contributed by atoms with E-state index in [1.165, 1.54) is 5.56 Å². The van der Waals surface area contributed by atoms with Crippen LogP contribution in [-0.4, -0.2) is 57.3 Å². The first-order chi connectivity index (χ1) is 14.7. The maximum absolute atomic E-state index is 5.39. The Labute approximate surface area is 201 Å². The molecule has 1 saturated heterocycles. The van der Waals surface area contributed by atoms with Crippen molar-refractivity contribution in [2.75, 3.05) is 40.4 Å². The largest absolute Gasteiger partial charge is 0.497 e. The third kappa shape index (κ3) is 8.10. The average Bonchev–Trinajstić information content (AvgIpc) is 3.43. The van der Waals surface area contributed by atoms with Gasteiger partial charge in [0.05, 0.1) is 20.5 Å². The number of ether oxygens (including phenoxy) is 2. The number of hydrogen-bond donors (Lipinski definition) is 2. The highest BCUT2D eigenvalue weighted by Gasteiger charge is 2.23. The molecule has 0 radical (unpaired) electrons. The molecule has 2 aromatic rings. The summed E-state index contributed by atoms with van der Waals surface area (Å²) >= 11 is 0. The maximum atomic E-state index is 5.39. The second-order valence-electron chi connectivity index (χ2n) is 7.32. The highest BCUT2D eigenvalue weighted by Crippen LogP contribution is 2.24. The number of nitrogens with zero attached hydrogens (tertiary/aromatic N) is 2. The molecule has 1 fully saturated rings. The van der Waals surface area contributed by atoms with E-state index in [1.54, 1.807) is 20.5 Å². The molecule has 3 rings (SSSR count). The van der Waals surface area contributed by atoms with Gasteiger partial charge in [0.2, 0.25) is 0 Å². The normalized spacial score (nSPS) is 16.5. The molecule has 170 valence electrons. The number of halogens is 1. The SMILES string of the molecule is C=CCNC(=NCCc1ccco1)NC1CCN(Cc2cc(OC)cc(OC)c2)C1.I. The third-order valence-electron chi connectivity index (χ3n) is 5.05. The summed E-state index contributed by atoms with van der Waals surface area (Å²) in [7, 11) is 3.36. The standard InChI is InChI=1S/C23H32N4O3.HI/c1-4-9-24-23(25-10-7-20-6-5-12-30-20)26-19-8-11-27(17-19)16-18-13-21(28-2)15-22(14-18)29-3;/h4-6,12-15,19H,1,7-11,16-17H2,2-3H3,(H2,24,25,26);1H. The highest BCUT2D eigenvalue weighted by atomic mass is 127. The van der Waals surface area contributed by atoms with Crippen LogP contribution in [0.3, 0.4) is 0 Å². The van der Waals surface area contributed by atoms with Gasteiger partial charge in [-0.2, -0.15) is 0 Å². The van der Waals surface area contributed by atoms with Gasteiger partial charge in [-0.25, -0.2) is 0 Å². The summed E-state index contributed by atoms with van der Waals surface area (Å²) in [5.41, 5.74) is 1.18. The van der Waals surface area contributed by atoms with Crippen molar-refractivity contribution in [1.82, 2.24) is 15.5 Å². The number of nitrogens with one attached hydrogen (secondary N) is 2. The average molecular weight is 540 g/mol. The molecule has 1 aliphatic rings. The first-order valence-electron chi connectivity index (χ1n) is 10.3. The van der Waals surface area contributed by atoms with E-state index in [0.717, 1.165) is 55.7 Å². The molecule has 1 aromatic heterocycles. The molecular weight excluding hydrogens is 507 g/mol. The lowest BCUT2D eigenvalue weighted by Gasteiger charge is -2.19. The van der Waals surface area contributed by atoms with Crippen molar-refractivity contribution in [2.24, 2.45) is 4.99 Å². The number of methoxy groups -OCH3 is 2. The number of likely N-dealkylation sites (tertiary alicyclic amines) is 1. The minimum Gasteiger partial charge on any atom is -0.497 e. The minimum atomic E-state index is 0. The lowest BCUT2D eigenvalue weighted by molar-refractivity contribution is 0.321. The van der Waals surface area contributed by atoms with Crippen molar-refractivity contribution in [3.63, 3.8) is 0 Å². The van der Waals surface area contributed by atoms with Crippen LogP contribution in [-0.2, 0) is 13.0 Å². The van der Waals surface area contributed by atoms with E-state index in [-0.39, 0.29) is 24.0 Å². The third-order valence-corrected chi connectivity index (χ3v) is 5.05. The maximum Gasteiger partial charge on any atom is 0.191 e. The summed E-state index contributed by atoms with van der Waals surface area (Å²) in [6.07, 6.45) is 5.37. The van der Waals surface area contributed by atoms with Crippen molar-refractivity contribution >= 4 is 29.9 Å². The van der Waals surface area contributed by atoms with Crippen LogP contribution in [0.5, 0.6) is 11.5 Å². The Balaban J connectivity index is 0.00000341. The van der Waals surface area contributed by atoms with Gasteiger partial charge in [0.25, 0.3) is 0 Å². The Morgan fingerprint density at radius 3 is 2.71 bits per heavy atom. The summed E-state index contributed by atoms with van der Waals surface area (Å²) in [5.74, 6) is 3.40. The first-order valence-corrected chi connectivity index (χ1v) is 10.3. The summed E-state index contributed by atoms with van der Waals surface area (Å²) in [5, 5.41) is 6.87. The van der Waals surface area contributed by atoms with Crippen LogP contribution in [0, 0.1) is 0 Å². The van der Waals surface area contributed by atoms with Gasteiger partial charge >= 0.3 is 0 Å². The van der Waals surface area contributed by atoms with Crippen LogP contribution in [0.15, 0.2) is 58.7 Å². The van der Waals surface area contributed by atoms with E-state index < -0.39 is 0 Å². The lowest BCUT2D eigenvalue weighted by atomic mass is 10.2. The van der Waals surface area contributed by atoms with Gasteiger partial charge in [0.15, 0.2) is 5.96 Å². The van der Waals surface area contributed by atoms with Gasteiger partial charge in [0.1, 0.15) is 17.3 Å². The summed E-state index contributed by atoms with van der Waals surface area (Å²) in [4.78, 5) is 7.12. The van der Waals surface area contributed by atoms with E-state index in [2.05, 4.69) is 39.2 Å². The van der Waals surface area contributed by atoms with E-state index in [0.29, 0.717) is 19.1 Å². The van der Waals surface area contributed by atoms with Gasteiger partial charge < -0.3 is 24.5 Å². The summed E-state index contributed by atoms with van der Waals surface area (Å²) < 4.78 is 16.2. The minimum absolute atomic E-state index is 0. The van der Waals surface area contributed by atoms with Gasteiger partial charge in [-0.1, -0.05) is 6.08 Å².